The standard InChI is InChI=1S/C34H33ClN2O6S/c1-5-41-27-16-20(6-11-26(27)42-13-12-18(2)3)30-29(31(38)21-7-10-25-22(15-21)14-19(4)43-25)32(39)33(40)37(30)34-36-24-9-8-23(35)17-28(24)44-34/h6-11,15-19,30,38H,5,12-14H2,1-4H3. The molecule has 2 unspecified atom stereocenters. The molecule has 44 heavy (non-hydrogen) atoms. The number of amides is 1. The van der Waals surface area contributed by atoms with Crippen LogP contribution in [-0.4, -0.2) is 41.1 Å². The minimum atomic E-state index is -0.974. The maximum atomic E-state index is 13.8. The smallest absolute Gasteiger partial charge is 0.301 e. The predicted octanol–water partition coefficient (Wildman–Crippen LogP) is 7.72. The van der Waals surface area contributed by atoms with Crippen LogP contribution in [0.15, 0.2) is 60.2 Å². The van der Waals surface area contributed by atoms with Crippen molar-refractivity contribution in [3.8, 4) is 17.2 Å². The summed E-state index contributed by atoms with van der Waals surface area (Å²) in [4.78, 5) is 33.6. The lowest BCUT2D eigenvalue weighted by molar-refractivity contribution is -0.132. The van der Waals surface area contributed by atoms with Crippen molar-refractivity contribution in [1.82, 2.24) is 4.98 Å². The molecule has 1 amide bonds. The second-order valence-corrected chi connectivity index (χ2v) is 12.8. The molecule has 0 radical (unpaired) electrons. The highest BCUT2D eigenvalue weighted by Crippen LogP contribution is 2.46. The Hall–Kier alpha value is -4.08. The van der Waals surface area contributed by atoms with Gasteiger partial charge in [-0.3, -0.25) is 14.5 Å². The summed E-state index contributed by atoms with van der Waals surface area (Å²) >= 11 is 7.48. The van der Waals surface area contributed by atoms with Gasteiger partial charge >= 0.3 is 5.91 Å². The number of fused-ring (bicyclic) bond motifs is 2. The van der Waals surface area contributed by atoms with Crippen LogP contribution in [-0.2, 0) is 16.0 Å². The Kier molecular flexibility index (Phi) is 8.26. The highest BCUT2D eigenvalue weighted by molar-refractivity contribution is 7.22. The van der Waals surface area contributed by atoms with Gasteiger partial charge in [0.1, 0.15) is 17.6 Å². The zero-order chi connectivity index (χ0) is 31.1. The van der Waals surface area contributed by atoms with Crippen LogP contribution < -0.4 is 19.1 Å². The molecule has 3 aromatic carbocycles. The zero-order valence-corrected chi connectivity index (χ0v) is 26.5. The first kappa shape index (κ1) is 30.0. The summed E-state index contributed by atoms with van der Waals surface area (Å²) in [5.74, 6) is 0.420. The fourth-order valence-electron chi connectivity index (χ4n) is 5.55. The molecule has 0 saturated carbocycles. The molecule has 2 aliphatic rings. The zero-order valence-electron chi connectivity index (χ0n) is 24.9. The molecule has 6 rings (SSSR count). The Morgan fingerprint density at radius 1 is 1.11 bits per heavy atom. The number of aromatic nitrogens is 1. The number of nitrogens with zero attached hydrogens (tertiary/aromatic N) is 2. The monoisotopic (exact) mass is 632 g/mol. The van der Waals surface area contributed by atoms with Crippen LogP contribution in [0.5, 0.6) is 17.2 Å². The number of hydrogen-bond donors (Lipinski definition) is 1. The lowest BCUT2D eigenvalue weighted by Gasteiger charge is -2.24. The number of benzene rings is 3. The van der Waals surface area contributed by atoms with Gasteiger partial charge in [0.15, 0.2) is 16.6 Å². The molecule has 1 fully saturated rings. The van der Waals surface area contributed by atoms with Gasteiger partial charge in [-0.25, -0.2) is 4.98 Å². The van der Waals surface area contributed by atoms with Crippen LogP contribution in [0.3, 0.4) is 0 Å². The van der Waals surface area contributed by atoms with E-state index in [0.717, 1.165) is 22.4 Å². The summed E-state index contributed by atoms with van der Waals surface area (Å²) in [6.45, 7) is 9.01. The molecular weight excluding hydrogens is 600 g/mol. The third-order valence-corrected chi connectivity index (χ3v) is 8.95. The average molecular weight is 633 g/mol. The molecule has 4 aromatic rings. The number of anilines is 1. The number of carbonyl (C=O) groups excluding carboxylic acids is 2. The molecule has 2 aliphatic heterocycles. The maximum absolute atomic E-state index is 13.8. The minimum Gasteiger partial charge on any atom is -0.507 e. The number of hydrogen-bond acceptors (Lipinski definition) is 8. The Labute approximate surface area is 264 Å². The Balaban J connectivity index is 1.50. The predicted molar refractivity (Wildman–Crippen MR) is 172 cm³/mol. The first-order chi connectivity index (χ1) is 21.1. The van der Waals surface area contributed by atoms with Gasteiger partial charge in [-0.2, -0.15) is 0 Å². The van der Waals surface area contributed by atoms with Crippen molar-refractivity contribution in [2.24, 2.45) is 5.92 Å². The van der Waals surface area contributed by atoms with Gasteiger partial charge in [0.25, 0.3) is 5.78 Å². The molecule has 0 aliphatic carbocycles. The van der Waals surface area contributed by atoms with E-state index < -0.39 is 17.7 Å². The van der Waals surface area contributed by atoms with Gasteiger partial charge in [0, 0.05) is 17.0 Å². The van der Waals surface area contributed by atoms with Crippen molar-refractivity contribution in [1.29, 1.82) is 0 Å². The van der Waals surface area contributed by atoms with Gasteiger partial charge in [-0.05, 0) is 85.8 Å². The van der Waals surface area contributed by atoms with E-state index in [4.69, 9.17) is 25.8 Å². The van der Waals surface area contributed by atoms with Crippen molar-refractivity contribution in [3.63, 3.8) is 0 Å². The average Bonchev–Trinajstić information content (AvgIpc) is 3.65. The first-order valence-corrected chi connectivity index (χ1v) is 15.9. The highest BCUT2D eigenvalue weighted by atomic mass is 35.5. The third kappa shape index (κ3) is 5.62. The van der Waals surface area contributed by atoms with Crippen LogP contribution >= 0.6 is 22.9 Å². The van der Waals surface area contributed by atoms with Crippen molar-refractivity contribution in [3.05, 3.63) is 81.9 Å². The van der Waals surface area contributed by atoms with E-state index in [9.17, 15) is 14.7 Å². The molecule has 1 saturated heterocycles. The third-order valence-electron chi connectivity index (χ3n) is 7.70. The first-order valence-electron chi connectivity index (χ1n) is 14.7. The number of Topliss-reactive ketones (excluding diaryl/α,β-unsaturated/α-hetero) is 1. The van der Waals surface area contributed by atoms with Crippen LogP contribution in [0.2, 0.25) is 5.02 Å². The topological polar surface area (TPSA) is 98.2 Å². The number of aliphatic hydroxyl groups excluding tert-OH is 1. The molecule has 2 atom stereocenters. The molecule has 1 N–H and O–H groups in total. The molecule has 3 heterocycles. The Bertz CT molecular complexity index is 1800. The van der Waals surface area contributed by atoms with Gasteiger partial charge < -0.3 is 19.3 Å². The number of ether oxygens (including phenoxy) is 3. The number of halogens is 1. The Morgan fingerprint density at radius 3 is 2.70 bits per heavy atom. The van der Waals surface area contributed by atoms with E-state index in [1.165, 1.54) is 16.2 Å². The summed E-state index contributed by atoms with van der Waals surface area (Å²) in [5, 5.41) is 12.6. The lowest BCUT2D eigenvalue weighted by Crippen LogP contribution is -2.29. The van der Waals surface area contributed by atoms with Crippen molar-refractivity contribution < 1.29 is 28.9 Å². The Morgan fingerprint density at radius 2 is 1.93 bits per heavy atom. The summed E-state index contributed by atoms with van der Waals surface area (Å²) in [7, 11) is 0. The van der Waals surface area contributed by atoms with Crippen molar-refractivity contribution in [2.75, 3.05) is 18.1 Å². The number of carbonyl (C=O) groups is 2. The minimum absolute atomic E-state index is 0.0128. The van der Waals surface area contributed by atoms with Crippen LogP contribution in [0.4, 0.5) is 5.13 Å². The number of ketones is 1. The quantitative estimate of drug-likeness (QED) is 0.115. The summed E-state index contributed by atoms with van der Waals surface area (Å²) in [6, 6.07) is 15.0. The van der Waals surface area contributed by atoms with E-state index in [2.05, 4.69) is 18.8 Å². The second kappa shape index (κ2) is 12.1. The fourth-order valence-corrected chi connectivity index (χ4v) is 6.81. The molecule has 8 nitrogen and oxygen atoms in total. The van der Waals surface area contributed by atoms with E-state index in [-0.39, 0.29) is 17.4 Å². The van der Waals surface area contributed by atoms with E-state index in [1.54, 1.807) is 48.5 Å². The highest BCUT2D eigenvalue weighted by Gasteiger charge is 2.48. The molecule has 10 heteroatoms. The van der Waals surface area contributed by atoms with Gasteiger partial charge in [0.2, 0.25) is 0 Å². The SMILES string of the molecule is CCOc1cc(C2C(=C(O)c3ccc4c(c3)CC(C)O4)C(=O)C(=O)N2c2nc3ccc(Cl)cc3s2)ccc1OCCC(C)C. The van der Waals surface area contributed by atoms with Gasteiger partial charge in [-0.1, -0.05) is 42.9 Å². The number of thiazole rings is 1. The van der Waals surface area contributed by atoms with Gasteiger partial charge in [0.05, 0.1) is 35.0 Å². The van der Waals surface area contributed by atoms with Gasteiger partial charge in [-0.15, -0.1) is 0 Å². The molecule has 0 bridgehead atoms. The second-order valence-electron chi connectivity index (χ2n) is 11.4. The van der Waals surface area contributed by atoms with Crippen LogP contribution in [0.25, 0.3) is 16.0 Å². The molecule has 228 valence electrons. The summed E-state index contributed by atoms with van der Waals surface area (Å²) < 4.78 is 18.6. The van der Waals surface area contributed by atoms with E-state index in [0.29, 0.717) is 63.8 Å². The number of aliphatic hydroxyl groups is 1. The van der Waals surface area contributed by atoms with Crippen LogP contribution in [0.1, 0.15) is 56.8 Å². The summed E-state index contributed by atoms with van der Waals surface area (Å²) in [5.41, 5.74) is 2.54. The van der Waals surface area contributed by atoms with Crippen molar-refractivity contribution >= 4 is 55.7 Å². The van der Waals surface area contributed by atoms with E-state index >= 15 is 0 Å². The van der Waals surface area contributed by atoms with E-state index in [1.807, 2.05) is 19.9 Å². The fraction of sp³-hybridized carbons (Fsp3) is 0.324. The normalized spacial score (nSPS) is 19.1. The summed E-state index contributed by atoms with van der Waals surface area (Å²) in [6.07, 6.45) is 1.57. The van der Waals surface area contributed by atoms with Crippen LogP contribution in [0, 0.1) is 5.92 Å². The molecular formula is C34H33ClN2O6S. The molecule has 0 spiro atoms. The largest absolute Gasteiger partial charge is 0.507 e. The van der Waals surface area contributed by atoms with Crippen molar-refractivity contribution in [2.45, 2.75) is 52.7 Å². The number of rotatable bonds is 9. The maximum Gasteiger partial charge on any atom is 0.301 e. The molecule has 1 aromatic heterocycles. The lowest BCUT2D eigenvalue weighted by atomic mass is 9.94.